The third kappa shape index (κ3) is 5.30. The van der Waals surface area contributed by atoms with Crippen molar-refractivity contribution in [3.63, 3.8) is 0 Å². The van der Waals surface area contributed by atoms with Crippen molar-refractivity contribution >= 4 is 46.6 Å². The van der Waals surface area contributed by atoms with Gasteiger partial charge in [-0.2, -0.15) is 13.2 Å². The lowest BCUT2D eigenvalue weighted by Gasteiger charge is -2.10. The molecule has 1 heterocycles. The number of amides is 1. The van der Waals surface area contributed by atoms with Gasteiger partial charge in [0.25, 0.3) is 11.6 Å². The fourth-order valence-electron chi connectivity index (χ4n) is 1.85. The number of aromatic nitrogens is 1. The van der Waals surface area contributed by atoms with Crippen molar-refractivity contribution < 1.29 is 32.4 Å². The van der Waals surface area contributed by atoms with Gasteiger partial charge in [-0.3, -0.25) is 14.9 Å². The largest absolute Gasteiger partial charge is 0.452 e. The molecule has 0 radical (unpaired) electrons. The first kappa shape index (κ1) is 21.4. The second-order valence-electron chi connectivity index (χ2n) is 5.10. The molecule has 0 unspecified atom stereocenters. The van der Waals surface area contributed by atoms with Gasteiger partial charge in [0.1, 0.15) is 0 Å². The van der Waals surface area contributed by atoms with Crippen LogP contribution in [-0.2, 0) is 15.7 Å². The van der Waals surface area contributed by atoms with E-state index in [4.69, 9.17) is 27.9 Å². The molecule has 8 nitrogen and oxygen atoms in total. The molecule has 1 aromatic carbocycles. The highest BCUT2D eigenvalue weighted by Crippen LogP contribution is 2.32. The lowest BCUT2D eigenvalue weighted by molar-refractivity contribution is -0.384. The minimum absolute atomic E-state index is 0.217. The third-order valence-electron chi connectivity index (χ3n) is 3.14. The molecule has 0 atom stereocenters. The highest BCUT2D eigenvalue weighted by Gasteiger charge is 2.31. The molecule has 0 spiro atoms. The number of nitro benzene ring substituents is 1. The number of carbonyl (C=O) groups excluding carboxylic acids is 2. The Morgan fingerprint density at radius 2 is 1.89 bits per heavy atom. The zero-order chi connectivity index (χ0) is 21.1. The van der Waals surface area contributed by atoms with Gasteiger partial charge in [0.2, 0.25) is 0 Å². The maximum absolute atomic E-state index is 12.5. The van der Waals surface area contributed by atoms with Crippen LogP contribution in [0, 0.1) is 10.1 Å². The summed E-state index contributed by atoms with van der Waals surface area (Å²) >= 11 is 11.4. The number of ether oxygens (including phenoxy) is 1. The van der Waals surface area contributed by atoms with Gasteiger partial charge in [0, 0.05) is 18.3 Å². The Hall–Kier alpha value is -2.92. The number of alkyl halides is 3. The predicted octanol–water partition coefficient (Wildman–Crippen LogP) is 4.11. The van der Waals surface area contributed by atoms with Crippen molar-refractivity contribution in [2.75, 3.05) is 11.9 Å². The van der Waals surface area contributed by atoms with Crippen LogP contribution >= 0.6 is 23.2 Å². The number of anilines is 1. The number of non-ortho nitro benzene ring substituents is 1. The summed E-state index contributed by atoms with van der Waals surface area (Å²) in [5, 5.41) is 12.0. The zero-order valence-electron chi connectivity index (χ0n) is 13.4. The molecule has 13 heteroatoms. The average Bonchev–Trinajstić information content (AvgIpc) is 2.60. The number of hydrogen-bond donors (Lipinski definition) is 1. The molecule has 28 heavy (non-hydrogen) atoms. The number of carbonyl (C=O) groups is 2. The molecule has 0 bridgehead atoms. The Bertz CT molecular complexity index is 953. The number of rotatable bonds is 5. The summed E-state index contributed by atoms with van der Waals surface area (Å²) in [5.74, 6) is -2.33. The first-order chi connectivity index (χ1) is 13.0. The van der Waals surface area contributed by atoms with Gasteiger partial charge in [-0.05, 0) is 12.1 Å². The Kier molecular flexibility index (Phi) is 6.41. The Morgan fingerprint density at radius 1 is 1.21 bits per heavy atom. The first-order valence-corrected chi connectivity index (χ1v) is 7.88. The number of pyridine rings is 1. The van der Waals surface area contributed by atoms with E-state index in [1.807, 2.05) is 0 Å². The second-order valence-corrected chi connectivity index (χ2v) is 5.91. The molecular formula is C15H8Cl2F3N3O5. The summed E-state index contributed by atoms with van der Waals surface area (Å²) < 4.78 is 42.3. The van der Waals surface area contributed by atoms with E-state index in [-0.39, 0.29) is 22.1 Å². The van der Waals surface area contributed by atoms with Crippen molar-refractivity contribution in [2.45, 2.75) is 6.18 Å². The van der Waals surface area contributed by atoms with Crippen LogP contribution in [0.3, 0.4) is 0 Å². The number of hydrogen-bond acceptors (Lipinski definition) is 6. The molecule has 0 aliphatic heterocycles. The molecule has 0 aliphatic carbocycles. The van der Waals surface area contributed by atoms with Crippen LogP contribution in [0.15, 0.2) is 30.5 Å². The van der Waals surface area contributed by atoms with E-state index in [0.29, 0.717) is 12.3 Å². The zero-order valence-corrected chi connectivity index (χ0v) is 14.9. The number of halogens is 5. The van der Waals surface area contributed by atoms with Gasteiger partial charge in [-0.15, -0.1) is 0 Å². The number of benzene rings is 1. The second kappa shape index (κ2) is 8.40. The molecule has 0 saturated heterocycles. The van der Waals surface area contributed by atoms with Crippen LogP contribution in [0.25, 0.3) is 0 Å². The molecule has 0 aliphatic rings. The summed E-state index contributed by atoms with van der Waals surface area (Å²) in [6, 6.07) is 3.58. The van der Waals surface area contributed by atoms with E-state index in [9.17, 15) is 32.9 Å². The molecule has 1 aromatic heterocycles. The fourth-order valence-corrected chi connectivity index (χ4v) is 2.31. The highest BCUT2D eigenvalue weighted by molar-refractivity contribution is 6.34. The van der Waals surface area contributed by atoms with Gasteiger partial charge in [0.15, 0.2) is 12.4 Å². The summed E-state index contributed by atoms with van der Waals surface area (Å²) in [7, 11) is 0. The molecule has 2 aromatic rings. The minimum atomic E-state index is -4.65. The first-order valence-electron chi connectivity index (χ1n) is 7.12. The van der Waals surface area contributed by atoms with E-state index in [1.165, 1.54) is 0 Å². The summed E-state index contributed by atoms with van der Waals surface area (Å²) in [6.45, 7) is -0.828. The molecule has 1 N–H and O–H groups in total. The fraction of sp³-hybridized carbons (Fsp3) is 0.133. The summed E-state index contributed by atoms with van der Waals surface area (Å²) in [5.41, 5.74) is -1.66. The van der Waals surface area contributed by atoms with Gasteiger partial charge >= 0.3 is 12.1 Å². The van der Waals surface area contributed by atoms with Crippen LogP contribution in [0.2, 0.25) is 10.0 Å². The maximum Gasteiger partial charge on any atom is 0.417 e. The van der Waals surface area contributed by atoms with Crippen LogP contribution < -0.4 is 5.32 Å². The van der Waals surface area contributed by atoms with E-state index >= 15 is 0 Å². The number of nitro groups is 1. The number of nitrogens with zero attached hydrogens (tertiary/aromatic N) is 2. The molecule has 1 amide bonds. The number of nitrogens with one attached hydrogen (secondary N) is 1. The Balaban J connectivity index is 1.99. The van der Waals surface area contributed by atoms with Crippen LogP contribution in [0.1, 0.15) is 15.9 Å². The minimum Gasteiger partial charge on any atom is -0.452 e. The van der Waals surface area contributed by atoms with Crippen molar-refractivity contribution in [1.82, 2.24) is 4.98 Å². The molecule has 0 saturated carbocycles. The monoisotopic (exact) mass is 437 g/mol. The van der Waals surface area contributed by atoms with Crippen LogP contribution in [-0.4, -0.2) is 28.4 Å². The molecular weight excluding hydrogens is 430 g/mol. The van der Waals surface area contributed by atoms with Gasteiger partial charge < -0.3 is 10.1 Å². The van der Waals surface area contributed by atoms with E-state index in [2.05, 4.69) is 10.3 Å². The third-order valence-corrected chi connectivity index (χ3v) is 3.74. The van der Waals surface area contributed by atoms with Crippen LogP contribution in [0.4, 0.5) is 24.7 Å². The van der Waals surface area contributed by atoms with Crippen molar-refractivity contribution in [3.8, 4) is 0 Å². The predicted molar refractivity (Wildman–Crippen MR) is 91.3 cm³/mol. The highest BCUT2D eigenvalue weighted by atomic mass is 35.5. The summed E-state index contributed by atoms with van der Waals surface area (Å²) in [6.07, 6.45) is -4.18. The molecule has 0 fully saturated rings. The van der Waals surface area contributed by atoms with Crippen LogP contribution in [0.5, 0.6) is 0 Å². The van der Waals surface area contributed by atoms with Crippen molar-refractivity contribution in [3.05, 3.63) is 61.7 Å². The summed E-state index contributed by atoms with van der Waals surface area (Å²) in [4.78, 5) is 37.0. The van der Waals surface area contributed by atoms with Crippen molar-refractivity contribution in [1.29, 1.82) is 0 Å². The molecule has 148 valence electrons. The SMILES string of the molecule is O=C(COC(=O)c1ccc([N+](=O)[O-])cc1Cl)Nc1ncc(C(F)(F)F)cc1Cl. The van der Waals surface area contributed by atoms with Crippen molar-refractivity contribution in [2.24, 2.45) is 0 Å². The lowest BCUT2D eigenvalue weighted by atomic mass is 10.2. The maximum atomic E-state index is 12.5. The van der Waals surface area contributed by atoms with Gasteiger partial charge in [-0.25, -0.2) is 9.78 Å². The normalized spacial score (nSPS) is 11.0. The van der Waals surface area contributed by atoms with E-state index in [0.717, 1.165) is 18.2 Å². The van der Waals surface area contributed by atoms with Gasteiger partial charge in [-0.1, -0.05) is 23.2 Å². The average molecular weight is 438 g/mol. The molecule has 2 rings (SSSR count). The quantitative estimate of drug-likeness (QED) is 0.427. The van der Waals surface area contributed by atoms with Gasteiger partial charge in [0.05, 0.1) is 26.1 Å². The lowest BCUT2D eigenvalue weighted by Crippen LogP contribution is -2.22. The van der Waals surface area contributed by atoms with E-state index in [1.54, 1.807) is 0 Å². The number of esters is 1. The topological polar surface area (TPSA) is 111 Å². The van der Waals surface area contributed by atoms with E-state index < -0.39 is 40.2 Å². The Labute approximate surface area is 164 Å². The smallest absolute Gasteiger partial charge is 0.417 e. The standard InChI is InChI=1S/C15H8Cl2F3N3O5/c16-10-4-8(23(26)27)1-2-9(10)14(25)28-6-12(24)22-13-11(17)3-7(5-21-13)15(18,19)20/h1-5H,6H2,(H,21,22,24). The Morgan fingerprint density at radius 3 is 2.43 bits per heavy atom.